The van der Waals surface area contributed by atoms with Crippen molar-refractivity contribution in [2.24, 2.45) is 0 Å². The van der Waals surface area contributed by atoms with Crippen molar-refractivity contribution in [3.63, 3.8) is 0 Å². The average Bonchev–Trinajstić information content (AvgIpc) is 3.28. The fourth-order valence-electron chi connectivity index (χ4n) is 3.66. The molecule has 0 atom stereocenters. The van der Waals surface area contributed by atoms with Crippen LogP contribution in [0.4, 0.5) is 0 Å². The SMILES string of the molecule is Cc1nc(-c2cccc(Br)c2)ccc1C(=O)NC1CCN(C(=O)c2ccco2)CC1. The number of aromatic nitrogens is 1. The number of furan rings is 1. The molecule has 1 fully saturated rings. The Balaban J connectivity index is 1.37. The number of aryl methyl sites for hydroxylation is 1. The Kier molecular flexibility index (Phi) is 5.99. The van der Waals surface area contributed by atoms with Gasteiger partial charge in [-0.05, 0) is 56.2 Å². The third-order valence-corrected chi connectivity index (χ3v) is 5.79. The summed E-state index contributed by atoms with van der Waals surface area (Å²) in [5, 5.41) is 3.09. The van der Waals surface area contributed by atoms with Crippen LogP contribution < -0.4 is 5.32 Å². The summed E-state index contributed by atoms with van der Waals surface area (Å²) in [6.45, 7) is 3.02. The Morgan fingerprint density at radius 3 is 2.60 bits per heavy atom. The second kappa shape index (κ2) is 8.83. The van der Waals surface area contributed by atoms with Crippen LogP contribution in [0.15, 0.2) is 63.7 Å². The van der Waals surface area contributed by atoms with E-state index in [1.54, 1.807) is 17.0 Å². The van der Waals surface area contributed by atoms with Crippen LogP contribution in [-0.2, 0) is 0 Å². The number of carbonyl (C=O) groups excluding carboxylic acids is 2. The van der Waals surface area contributed by atoms with E-state index in [1.165, 1.54) is 6.26 Å². The van der Waals surface area contributed by atoms with Gasteiger partial charge in [0.1, 0.15) is 0 Å². The molecule has 7 heteroatoms. The lowest BCUT2D eigenvalue weighted by atomic mass is 10.0. The van der Waals surface area contributed by atoms with Crippen LogP contribution in [0.3, 0.4) is 0 Å². The molecular weight excluding hydrogens is 446 g/mol. The molecule has 0 radical (unpaired) electrons. The Morgan fingerprint density at radius 1 is 1.13 bits per heavy atom. The highest BCUT2D eigenvalue weighted by Crippen LogP contribution is 2.23. The number of pyridine rings is 1. The first-order valence-corrected chi connectivity index (χ1v) is 10.7. The van der Waals surface area contributed by atoms with Crippen LogP contribution in [0, 0.1) is 6.92 Å². The summed E-state index contributed by atoms with van der Waals surface area (Å²) in [7, 11) is 0. The zero-order valence-corrected chi connectivity index (χ0v) is 18.2. The molecule has 0 unspecified atom stereocenters. The molecule has 2 amide bonds. The van der Waals surface area contributed by atoms with Gasteiger partial charge >= 0.3 is 0 Å². The summed E-state index contributed by atoms with van der Waals surface area (Å²) in [6, 6.07) is 15.0. The smallest absolute Gasteiger partial charge is 0.289 e. The zero-order valence-electron chi connectivity index (χ0n) is 16.6. The molecule has 30 heavy (non-hydrogen) atoms. The predicted molar refractivity (Wildman–Crippen MR) is 117 cm³/mol. The van der Waals surface area contributed by atoms with E-state index in [-0.39, 0.29) is 17.9 Å². The lowest BCUT2D eigenvalue weighted by molar-refractivity contribution is 0.0667. The maximum Gasteiger partial charge on any atom is 0.289 e. The van der Waals surface area contributed by atoms with E-state index in [4.69, 9.17) is 4.42 Å². The van der Waals surface area contributed by atoms with Gasteiger partial charge in [0, 0.05) is 29.2 Å². The summed E-state index contributed by atoms with van der Waals surface area (Å²) < 4.78 is 6.17. The summed E-state index contributed by atoms with van der Waals surface area (Å²) in [4.78, 5) is 31.5. The van der Waals surface area contributed by atoms with E-state index in [1.807, 2.05) is 43.3 Å². The number of nitrogens with one attached hydrogen (secondary N) is 1. The van der Waals surface area contributed by atoms with E-state index in [0.717, 1.165) is 15.7 Å². The van der Waals surface area contributed by atoms with E-state index in [2.05, 4.69) is 26.2 Å². The molecule has 3 aromatic rings. The molecule has 1 aliphatic rings. The van der Waals surface area contributed by atoms with Gasteiger partial charge in [0.25, 0.3) is 11.8 Å². The fraction of sp³-hybridized carbons (Fsp3) is 0.261. The molecule has 4 rings (SSSR count). The van der Waals surface area contributed by atoms with Crippen molar-refractivity contribution in [1.82, 2.24) is 15.2 Å². The van der Waals surface area contributed by atoms with E-state index in [9.17, 15) is 9.59 Å². The number of halogens is 1. The molecule has 0 aliphatic carbocycles. The van der Waals surface area contributed by atoms with Crippen LogP contribution in [0.2, 0.25) is 0 Å². The van der Waals surface area contributed by atoms with Crippen molar-refractivity contribution < 1.29 is 14.0 Å². The number of hydrogen-bond donors (Lipinski definition) is 1. The molecule has 3 heterocycles. The van der Waals surface area contributed by atoms with Crippen molar-refractivity contribution in [1.29, 1.82) is 0 Å². The van der Waals surface area contributed by atoms with Gasteiger partial charge in [0.15, 0.2) is 5.76 Å². The largest absolute Gasteiger partial charge is 0.459 e. The van der Waals surface area contributed by atoms with Crippen LogP contribution in [0.25, 0.3) is 11.3 Å². The van der Waals surface area contributed by atoms with Gasteiger partial charge in [-0.25, -0.2) is 0 Å². The van der Waals surface area contributed by atoms with Crippen molar-refractivity contribution in [2.75, 3.05) is 13.1 Å². The van der Waals surface area contributed by atoms with E-state index < -0.39 is 0 Å². The van der Waals surface area contributed by atoms with Gasteiger partial charge in [0.2, 0.25) is 0 Å². The molecule has 0 spiro atoms. The zero-order chi connectivity index (χ0) is 21.1. The average molecular weight is 468 g/mol. The van der Waals surface area contributed by atoms with Crippen molar-refractivity contribution in [3.8, 4) is 11.3 Å². The number of piperidine rings is 1. The van der Waals surface area contributed by atoms with Crippen LogP contribution in [0.1, 0.15) is 39.4 Å². The Bertz CT molecular complexity index is 1060. The second-order valence-electron chi connectivity index (χ2n) is 7.36. The lowest BCUT2D eigenvalue weighted by Gasteiger charge is -2.32. The fourth-order valence-corrected chi connectivity index (χ4v) is 4.05. The molecule has 1 saturated heterocycles. The molecular formula is C23H22BrN3O3. The minimum Gasteiger partial charge on any atom is -0.459 e. The molecule has 2 aromatic heterocycles. The van der Waals surface area contributed by atoms with Crippen molar-refractivity contribution in [2.45, 2.75) is 25.8 Å². The highest BCUT2D eigenvalue weighted by atomic mass is 79.9. The van der Waals surface area contributed by atoms with Crippen LogP contribution >= 0.6 is 15.9 Å². The van der Waals surface area contributed by atoms with E-state index >= 15 is 0 Å². The maximum absolute atomic E-state index is 12.8. The van der Waals surface area contributed by atoms with Gasteiger partial charge in [-0.2, -0.15) is 0 Å². The van der Waals surface area contributed by atoms with Gasteiger partial charge < -0.3 is 14.6 Å². The van der Waals surface area contributed by atoms with Gasteiger partial charge in [0.05, 0.1) is 23.2 Å². The topological polar surface area (TPSA) is 75.4 Å². The first-order valence-electron chi connectivity index (χ1n) is 9.88. The van der Waals surface area contributed by atoms with Crippen molar-refractivity contribution >= 4 is 27.7 Å². The first-order chi connectivity index (χ1) is 14.5. The molecule has 1 N–H and O–H groups in total. The third kappa shape index (κ3) is 4.46. The Hall–Kier alpha value is -2.93. The number of amides is 2. The monoisotopic (exact) mass is 467 g/mol. The highest BCUT2D eigenvalue weighted by Gasteiger charge is 2.26. The Morgan fingerprint density at radius 2 is 1.93 bits per heavy atom. The predicted octanol–water partition coefficient (Wildman–Crippen LogP) is 4.45. The maximum atomic E-state index is 12.8. The molecule has 0 bridgehead atoms. The minimum atomic E-state index is -0.128. The van der Waals surface area contributed by atoms with Gasteiger partial charge in [-0.15, -0.1) is 0 Å². The molecule has 0 saturated carbocycles. The normalized spacial score (nSPS) is 14.5. The quantitative estimate of drug-likeness (QED) is 0.614. The second-order valence-corrected chi connectivity index (χ2v) is 8.27. The Labute approximate surface area is 183 Å². The standard InChI is InChI=1S/C23H22BrN3O3/c1-15-19(7-8-20(25-15)16-4-2-5-17(24)14-16)22(28)26-18-9-11-27(12-10-18)23(29)21-6-3-13-30-21/h2-8,13-14,18H,9-12H2,1H3,(H,26,28). The van der Waals surface area contributed by atoms with Crippen molar-refractivity contribution in [3.05, 3.63) is 76.3 Å². The first kappa shape index (κ1) is 20.3. The molecule has 6 nitrogen and oxygen atoms in total. The molecule has 1 aromatic carbocycles. The molecule has 154 valence electrons. The van der Waals surface area contributed by atoms with Crippen LogP contribution in [-0.4, -0.2) is 40.8 Å². The molecule has 1 aliphatic heterocycles. The third-order valence-electron chi connectivity index (χ3n) is 5.30. The lowest BCUT2D eigenvalue weighted by Crippen LogP contribution is -2.46. The minimum absolute atomic E-state index is 0.0299. The number of rotatable bonds is 4. The summed E-state index contributed by atoms with van der Waals surface area (Å²) >= 11 is 3.47. The number of nitrogens with zero attached hydrogens (tertiary/aromatic N) is 2. The number of hydrogen-bond acceptors (Lipinski definition) is 4. The van der Waals surface area contributed by atoms with Crippen LogP contribution in [0.5, 0.6) is 0 Å². The van der Waals surface area contributed by atoms with Gasteiger partial charge in [-0.1, -0.05) is 28.1 Å². The number of likely N-dealkylation sites (tertiary alicyclic amines) is 1. The number of carbonyl (C=O) groups is 2. The summed E-state index contributed by atoms with van der Waals surface area (Å²) in [5.74, 6) is 0.120. The summed E-state index contributed by atoms with van der Waals surface area (Å²) in [5.41, 5.74) is 3.08. The summed E-state index contributed by atoms with van der Waals surface area (Å²) in [6.07, 6.45) is 2.92. The van der Waals surface area contributed by atoms with E-state index in [0.29, 0.717) is 42.9 Å². The van der Waals surface area contributed by atoms with Gasteiger partial charge in [-0.3, -0.25) is 14.6 Å². The number of benzene rings is 1. The highest BCUT2D eigenvalue weighted by molar-refractivity contribution is 9.10.